The van der Waals surface area contributed by atoms with Crippen molar-refractivity contribution in [1.82, 2.24) is 19.5 Å². The molecule has 0 saturated heterocycles. The van der Waals surface area contributed by atoms with Crippen LogP contribution in [0.3, 0.4) is 0 Å². The van der Waals surface area contributed by atoms with Crippen molar-refractivity contribution in [3.63, 3.8) is 0 Å². The van der Waals surface area contributed by atoms with E-state index in [0.29, 0.717) is 5.82 Å². The first-order chi connectivity index (χ1) is 28.2. The van der Waals surface area contributed by atoms with Gasteiger partial charge in [0.05, 0.1) is 27.9 Å². The van der Waals surface area contributed by atoms with E-state index in [2.05, 4.69) is 186 Å². The van der Waals surface area contributed by atoms with E-state index in [-0.39, 0.29) is 5.92 Å². The van der Waals surface area contributed by atoms with Gasteiger partial charge >= 0.3 is 0 Å². The Labute approximate surface area is 330 Å². The van der Waals surface area contributed by atoms with Crippen LogP contribution in [-0.2, 0) is 0 Å². The molecule has 0 fully saturated rings. The van der Waals surface area contributed by atoms with E-state index in [1.54, 1.807) is 0 Å². The van der Waals surface area contributed by atoms with Gasteiger partial charge in [0.1, 0.15) is 0 Å². The zero-order chi connectivity index (χ0) is 37.5. The molecule has 12 rings (SSSR count). The van der Waals surface area contributed by atoms with E-state index in [1.807, 2.05) is 12.3 Å². The maximum absolute atomic E-state index is 5.35. The van der Waals surface area contributed by atoms with Gasteiger partial charge in [-0.2, -0.15) is 0 Å². The second-order valence-corrected chi connectivity index (χ2v) is 15.2. The van der Waals surface area contributed by atoms with Crippen molar-refractivity contribution in [3.8, 4) is 39.5 Å². The van der Waals surface area contributed by atoms with Crippen LogP contribution in [0.15, 0.2) is 216 Å². The van der Waals surface area contributed by atoms with Gasteiger partial charge in [0.2, 0.25) is 0 Å². The average molecular weight is 727 g/mol. The Morgan fingerprint density at radius 2 is 1.30 bits per heavy atom. The monoisotopic (exact) mass is 726 g/mol. The SMILES string of the molecule is C1=CC2=C3C(=CC=C4C=CC(c5cc(-c6ccc(-n7c8ccccc8c8ccccc87)cc6)nc(-c6ccc(-c7ccc8ncccc8c7)cc6)n5)=C(C=C2)C43)C1. The molecule has 266 valence electrons. The van der Waals surface area contributed by atoms with Crippen LogP contribution in [0.4, 0.5) is 0 Å². The van der Waals surface area contributed by atoms with Gasteiger partial charge in [-0.05, 0) is 93.9 Å². The fourth-order valence-electron chi connectivity index (χ4n) is 9.24. The summed E-state index contributed by atoms with van der Waals surface area (Å²) in [5.41, 5.74) is 18.6. The fraction of sp³-hybridized carbons (Fsp3) is 0.0377. The van der Waals surface area contributed by atoms with Crippen LogP contribution in [0.1, 0.15) is 12.1 Å². The number of allylic oxidation sites excluding steroid dienone is 14. The molecule has 0 spiro atoms. The van der Waals surface area contributed by atoms with Crippen LogP contribution >= 0.6 is 0 Å². The van der Waals surface area contributed by atoms with Crippen molar-refractivity contribution < 1.29 is 0 Å². The molecule has 5 aromatic carbocycles. The summed E-state index contributed by atoms with van der Waals surface area (Å²) >= 11 is 0. The summed E-state index contributed by atoms with van der Waals surface area (Å²) in [7, 11) is 0. The van der Waals surface area contributed by atoms with E-state index in [0.717, 1.165) is 62.2 Å². The van der Waals surface area contributed by atoms with Gasteiger partial charge in [0.25, 0.3) is 0 Å². The molecular weight excluding hydrogens is 693 g/mol. The Morgan fingerprint density at radius 3 is 2.12 bits per heavy atom. The van der Waals surface area contributed by atoms with Crippen LogP contribution in [0.5, 0.6) is 0 Å². The zero-order valence-electron chi connectivity index (χ0n) is 31.0. The molecule has 4 heteroatoms. The number of fused-ring (bicyclic) bond motifs is 4. The van der Waals surface area contributed by atoms with Crippen molar-refractivity contribution in [1.29, 1.82) is 0 Å². The molecule has 4 aliphatic rings. The lowest BCUT2D eigenvalue weighted by molar-refractivity contribution is 0.834. The number of rotatable bonds is 5. The summed E-state index contributed by atoms with van der Waals surface area (Å²) in [4.78, 5) is 15.1. The van der Waals surface area contributed by atoms with Gasteiger partial charge < -0.3 is 4.57 Å². The third kappa shape index (κ3) is 5.11. The Morgan fingerprint density at radius 1 is 0.561 bits per heavy atom. The molecule has 8 aromatic rings. The molecule has 4 nitrogen and oxygen atoms in total. The standard InChI is InChI=1S/C53H34N4/c1-3-12-49-43(10-1)44-11-2-4-13-50(44)57(49)41-25-20-34(21-26-41)47-32-48(42-27-22-37-17-16-35-7-5-8-36-23-28-45(42)52(37)51(35)36)56-53(55-47)38-18-14-33(15-19-38)39-24-29-46-40(31-39)9-6-30-54-46/h1-6,8-32,52H,7H2. The number of para-hydroxylation sites is 2. The largest absolute Gasteiger partial charge is 0.309 e. The second kappa shape index (κ2) is 12.6. The maximum Gasteiger partial charge on any atom is 0.160 e. The van der Waals surface area contributed by atoms with Crippen molar-refractivity contribution in [2.75, 3.05) is 0 Å². The predicted molar refractivity (Wildman–Crippen MR) is 234 cm³/mol. The molecule has 0 N–H and O–H groups in total. The van der Waals surface area contributed by atoms with E-state index < -0.39 is 0 Å². The molecular formula is C53H34N4. The topological polar surface area (TPSA) is 43.6 Å². The lowest BCUT2D eigenvalue weighted by Crippen LogP contribution is -2.22. The highest BCUT2D eigenvalue weighted by Gasteiger charge is 2.34. The fourth-order valence-corrected chi connectivity index (χ4v) is 9.24. The van der Waals surface area contributed by atoms with Crippen LogP contribution in [0.2, 0.25) is 0 Å². The highest BCUT2D eigenvalue weighted by atomic mass is 15.0. The number of hydrogen-bond acceptors (Lipinski definition) is 3. The van der Waals surface area contributed by atoms with Crippen LogP contribution in [0, 0.1) is 5.92 Å². The predicted octanol–water partition coefficient (Wildman–Crippen LogP) is 12.8. The van der Waals surface area contributed by atoms with Gasteiger partial charge in [0.15, 0.2) is 5.82 Å². The highest BCUT2D eigenvalue weighted by molar-refractivity contribution is 6.09. The second-order valence-electron chi connectivity index (χ2n) is 15.2. The van der Waals surface area contributed by atoms with Crippen LogP contribution in [-0.4, -0.2) is 19.5 Å². The van der Waals surface area contributed by atoms with E-state index in [9.17, 15) is 0 Å². The molecule has 0 saturated carbocycles. The average Bonchev–Trinajstić information content (AvgIpc) is 3.62. The highest BCUT2D eigenvalue weighted by Crippen LogP contribution is 2.49. The molecule has 3 heterocycles. The molecule has 1 atom stereocenters. The minimum Gasteiger partial charge on any atom is -0.309 e. The molecule has 3 aromatic heterocycles. The summed E-state index contributed by atoms with van der Waals surface area (Å²) < 4.78 is 2.36. The Kier molecular flexibility index (Phi) is 7.02. The van der Waals surface area contributed by atoms with Gasteiger partial charge in [-0.25, -0.2) is 9.97 Å². The minimum absolute atomic E-state index is 0.207. The summed E-state index contributed by atoms with van der Waals surface area (Å²) in [6.07, 6.45) is 21.1. The Bertz CT molecular complexity index is 3180. The van der Waals surface area contributed by atoms with E-state index >= 15 is 0 Å². The molecule has 0 radical (unpaired) electrons. The molecule has 57 heavy (non-hydrogen) atoms. The third-order valence-corrected chi connectivity index (χ3v) is 12.0. The number of nitrogens with zero attached hydrogens (tertiary/aromatic N) is 4. The zero-order valence-corrected chi connectivity index (χ0v) is 31.0. The van der Waals surface area contributed by atoms with Gasteiger partial charge in [-0.3, -0.25) is 4.98 Å². The van der Waals surface area contributed by atoms with Gasteiger partial charge in [-0.15, -0.1) is 0 Å². The molecule has 0 amide bonds. The number of hydrogen-bond donors (Lipinski definition) is 0. The normalized spacial score (nSPS) is 16.7. The number of aromatic nitrogens is 4. The Hall–Kier alpha value is -7.43. The molecule has 1 unspecified atom stereocenters. The van der Waals surface area contributed by atoms with E-state index in [4.69, 9.17) is 9.97 Å². The Balaban J connectivity index is 0.988. The number of benzene rings is 5. The first-order valence-electron chi connectivity index (χ1n) is 19.6. The summed E-state index contributed by atoms with van der Waals surface area (Å²) in [5.74, 6) is 0.911. The smallest absolute Gasteiger partial charge is 0.160 e. The molecule has 0 bridgehead atoms. The number of pyridine rings is 1. The van der Waals surface area contributed by atoms with Crippen molar-refractivity contribution in [2.24, 2.45) is 5.92 Å². The van der Waals surface area contributed by atoms with Crippen molar-refractivity contribution in [2.45, 2.75) is 6.42 Å². The third-order valence-electron chi connectivity index (χ3n) is 12.0. The molecule has 0 aliphatic heterocycles. The lowest BCUT2D eigenvalue weighted by Gasteiger charge is -2.36. The minimum atomic E-state index is 0.207. The first kappa shape index (κ1) is 31.9. The van der Waals surface area contributed by atoms with Crippen molar-refractivity contribution >= 4 is 38.3 Å². The van der Waals surface area contributed by atoms with Crippen molar-refractivity contribution in [3.05, 3.63) is 222 Å². The maximum atomic E-state index is 5.35. The lowest BCUT2D eigenvalue weighted by atomic mass is 9.67. The summed E-state index contributed by atoms with van der Waals surface area (Å²) in [5, 5.41) is 3.63. The molecule has 4 aliphatic carbocycles. The quantitative estimate of drug-likeness (QED) is 0.177. The summed E-state index contributed by atoms with van der Waals surface area (Å²) in [6.45, 7) is 0. The first-order valence-corrected chi connectivity index (χ1v) is 19.6. The van der Waals surface area contributed by atoms with Crippen LogP contribution < -0.4 is 0 Å². The van der Waals surface area contributed by atoms with Gasteiger partial charge in [-0.1, -0.05) is 134 Å². The van der Waals surface area contributed by atoms with Crippen LogP contribution in [0.25, 0.3) is 77.7 Å². The summed E-state index contributed by atoms with van der Waals surface area (Å²) in [6, 6.07) is 47.5. The van der Waals surface area contributed by atoms with Gasteiger partial charge in [0, 0.05) is 50.7 Å². The van der Waals surface area contributed by atoms with E-state index in [1.165, 1.54) is 49.7 Å².